The Morgan fingerprint density at radius 2 is 2.00 bits per heavy atom. The predicted molar refractivity (Wildman–Crippen MR) is 76.7 cm³/mol. The number of piperazine rings is 1. The summed E-state index contributed by atoms with van der Waals surface area (Å²) in [7, 11) is -2.86. The molecular formula is C13H28N2O2S. The molecule has 4 nitrogen and oxygen atoms in total. The maximum absolute atomic E-state index is 11.7. The molecule has 2 atom stereocenters. The van der Waals surface area contributed by atoms with E-state index in [9.17, 15) is 8.42 Å². The Morgan fingerprint density at radius 1 is 1.33 bits per heavy atom. The summed E-state index contributed by atoms with van der Waals surface area (Å²) in [4.78, 5) is 2.37. The number of hydrogen-bond donors (Lipinski definition) is 1. The minimum atomic E-state index is -2.86. The largest absolute Gasteiger partial charge is 0.311 e. The maximum atomic E-state index is 11.7. The lowest BCUT2D eigenvalue weighted by atomic mass is 9.91. The molecule has 0 aromatic carbocycles. The van der Waals surface area contributed by atoms with Gasteiger partial charge in [-0.1, -0.05) is 20.8 Å². The van der Waals surface area contributed by atoms with Crippen molar-refractivity contribution in [1.82, 2.24) is 10.2 Å². The molecule has 1 N–H and O–H groups in total. The number of hydrogen-bond acceptors (Lipinski definition) is 4. The molecule has 5 heteroatoms. The average Bonchev–Trinajstić information content (AvgIpc) is 2.38. The molecule has 1 saturated heterocycles. The van der Waals surface area contributed by atoms with E-state index in [1.54, 1.807) is 6.92 Å². The second-order valence-corrected chi connectivity index (χ2v) is 7.99. The smallest absolute Gasteiger partial charge is 0.151 e. The zero-order chi connectivity index (χ0) is 13.8. The van der Waals surface area contributed by atoms with Crippen molar-refractivity contribution >= 4 is 9.84 Å². The quantitative estimate of drug-likeness (QED) is 0.794. The molecule has 1 rings (SSSR count). The molecule has 0 amide bonds. The predicted octanol–water partition coefficient (Wildman–Crippen LogP) is 1.27. The summed E-state index contributed by atoms with van der Waals surface area (Å²) in [5, 5.41) is 3.56. The fraction of sp³-hybridized carbons (Fsp3) is 1.00. The first-order valence-electron chi connectivity index (χ1n) is 7.05. The van der Waals surface area contributed by atoms with E-state index in [2.05, 4.69) is 31.0 Å². The van der Waals surface area contributed by atoms with E-state index >= 15 is 0 Å². The highest BCUT2D eigenvalue weighted by Crippen LogP contribution is 2.23. The van der Waals surface area contributed by atoms with E-state index in [0.717, 1.165) is 25.9 Å². The van der Waals surface area contributed by atoms with E-state index in [1.807, 2.05) is 0 Å². The van der Waals surface area contributed by atoms with Crippen molar-refractivity contribution in [3.05, 3.63) is 0 Å². The molecule has 108 valence electrons. The lowest BCUT2D eigenvalue weighted by Gasteiger charge is -2.48. The Morgan fingerprint density at radius 3 is 2.50 bits per heavy atom. The van der Waals surface area contributed by atoms with Crippen molar-refractivity contribution in [2.45, 2.75) is 52.1 Å². The number of sulfone groups is 1. The van der Waals surface area contributed by atoms with E-state index in [-0.39, 0.29) is 17.0 Å². The molecule has 0 saturated carbocycles. The monoisotopic (exact) mass is 276 g/mol. The van der Waals surface area contributed by atoms with E-state index < -0.39 is 9.84 Å². The topological polar surface area (TPSA) is 49.4 Å². The molecule has 1 aliphatic rings. The zero-order valence-corrected chi connectivity index (χ0v) is 13.0. The second-order valence-electron chi connectivity index (χ2n) is 5.52. The molecule has 1 heterocycles. The van der Waals surface area contributed by atoms with Gasteiger partial charge in [-0.25, -0.2) is 8.42 Å². The minimum Gasteiger partial charge on any atom is -0.311 e. The van der Waals surface area contributed by atoms with Gasteiger partial charge in [0.1, 0.15) is 0 Å². The molecule has 0 aromatic heterocycles. The van der Waals surface area contributed by atoms with Crippen LogP contribution >= 0.6 is 0 Å². The van der Waals surface area contributed by atoms with E-state index in [1.165, 1.54) is 0 Å². The first-order valence-corrected chi connectivity index (χ1v) is 8.88. The van der Waals surface area contributed by atoms with Crippen molar-refractivity contribution in [2.75, 3.05) is 31.1 Å². The summed E-state index contributed by atoms with van der Waals surface area (Å²) in [5.74, 6) is 0.536. The van der Waals surface area contributed by atoms with Gasteiger partial charge in [0.05, 0.1) is 5.75 Å². The SMILES string of the molecule is CCC1CN(CCS(=O)(=O)CC)C(C)(CC)CN1. The van der Waals surface area contributed by atoms with Gasteiger partial charge in [-0.2, -0.15) is 0 Å². The summed E-state index contributed by atoms with van der Waals surface area (Å²) in [6, 6.07) is 0.494. The summed E-state index contributed by atoms with van der Waals surface area (Å²) in [6.45, 7) is 10.9. The highest BCUT2D eigenvalue weighted by Gasteiger charge is 2.35. The van der Waals surface area contributed by atoms with Crippen molar-refractivity contribution < 1.29 is 8.42 Å². The minimum absolute atomic E-state index is 0.0922. The van der Waals surface area contributed by atoms with Crippen molar-refractivity contribution in [3.63, 3.8) is 0 Å². The van der Waals surface area contributed by atoms with Gasteiger partial charge in [0.15, 0.2) is 9.84 Å². The molecule has 0 bridgehead atoms. The third-order valence-corrected chi connectivity index (χ3v) is 6.03. The summed E-state index contributed by atoms with van der Waals surface area (Å²) in [6.07, 6.45) is 2.14. The van der Waals surface area contributed by atoms with Crippen LogP contribution in [-0.4, -0.2) is 56.0 Å². The molecule has 1 aliphatic heterocycles. The molecule has 0 aromatic rings. The Hall–Kier alpha value is -0.130. The average molecular weight is 276 g/mol. The van der Waals surface area contributed by atoms with Crippen molar-refractivity contribution in [3.8, 4) is 0 Å². The Labute approximate surface area is 112 Å². The Bertz CT molecular complexity index is 356. The van der Waals surface area contributed by atoms with Gasteiger partial charge in [-0.3, -0.25) is 4.90 Å². The van der Waals surface area contributed by atoms with Crippen LogP contribution in [0.5, 0.6) is 0 Å². The van der Waals surface area contributed by atoms with Gasteiger partial charge < -0.3 is 5.32 Å². The van der Waals surface area contributed by atoms with Crippen LogP contribution < -0.4 is 5.32 Å². The Kier molecular flexibility index (Phi) is 5.62. The molecule has 1 fully saturated rings. The third kappa shape index (κ3) is 3.93. The van der Waals surface area contributed by atoms with Gasteiger partial charge in [-0.15, -0.1) is 0 Å². The highest BCUT2D eigenvalue weighted by molar-refractivity contribution is 7.91. The van der Waals surface area contributed by atoms with Gasteiger partial charge in [0.25, 0.3) is 0 Å². The van der Waals surface area contributed by atoms with Crippen LogP contribution in [0.4, 0.5) is 0 Å². The summed E-state index contributed by atoms with van der Waals surface area (Å²) >= 11 is 0. The summed E-state index contributed by atoms with van der Waals surface area (Å²) in [5.41, 5.74) is 0.0922. The van der Waals surface area contributed by atoms with Gasteiger partial charge >= 0.3 is 0 Å². The lowest BCUT2D eigenvalue weighted by molar-refractivity contribution is 0.0541. The van der Waals surface area contributed by atoms with Gasteiger partial charge in [0.2, 0.25) is 0 Å². The number of rotatable bonds is 6. The summed E-state index contributed by atoms with van der Waals surface area (Å²) < 4.78 is 23.3. The fourth-order valence-corrected chi connectivity index (χ4v) is 3.19. The molecule has 0 radical (unpaired) electrons. The van der Waals surface area contributed by atoms with Crippen LogP contribution in [-0.2, 0) is 9.84 Å². The van der Waals surface area contributed by atoms with Crippen LogP contribution in [0.3, 0.4) is 0 Å². The highest BCUT2D eigenvalue weighted by atomic mass is 32.2. The molecular weight excluding hydrogens is 248 g/mol. The molecule has 2 unspecified atom stereocenters. The van der Waals surface area contributed by atoms with Gasteiger partial charge in [0, 0.05) is 37.0 Å². The first-order chi connectivity index (χ1) is 8.37. The Balaban J connectivity index is 2.68. The van der Waals surface area contributed by atoms with Crippen LogP contribution in [0, 0.1) is 0 Å². The normalized spacial score (nSPS) is 30.6. The second kappa shape index (κ2) is 6.35. The molecule has 0 spiro atoms. The van der Waals surface area contributed by atoms with Crippen molar-refractivity contribution in [1.29, 1.82) is 0 Å². The maximum Gasteiger partial charge on any atom is 0.151 e. The molecule has 18 heavy (non-hydrogen) atoms. The van der Waals surface area contributed by atoms with E-state index in [4.69, 9.17) is 0 Å². The van der Waals surface area contributed by atoms with E-state index in [0.29, 0.717) is 12.6 Å². The zero-order valence-electron chi connectivity index (χ0n) is 12.2. The lowest BCUT2D eigenvalue weighted by Crippen LogP contribution is -2.63. The van der Waals surface area contributed by atoms with Crippen LogP contribution in [0.25, 0.3) is 0 Å². The fourth-order valence-electron chi connectivity index (χ4n) is 2.40. The van der Waals surface area contributed by atoms with Crippen LogP contribution in [0.15, 0.2) is 0 Å². The molecule has 0 aliphatic carbocycles. The van der Waals surface area contributed by atoms with Crippen LogP contribution in [0.2, 0.25) is 0 Å². The first kappa shape index (κ1) is 15.9. The number of nitrogens with zero attached hydrogens (tertiary/aromatic N) is 1. The number of nitrogens with one attached hydrogen (secondary N) is 1. The third-order valence-electron chi connectivity index (χ3n) is 4.34. The van der Waals surface area contributed by atoms with Gasteiger partial charge in [-0.05, 0) is 19.8 Å². The standard InChI is InChI=1S/C13H28N2O2S/c1-5-12-10-15(8-9-18(16,17)7-3)13(4,6-2)11-14-12/h12,14H,5-11H2,1-4H3. The van der Waals surface area contributed by atoms with Crippen LogP contribution in [0.1, 0.15) is 40.5 Å². The van der Waals surface area contributed by atoms with Crippen molar-refractivity contribution in [2.24, 2.45) is 0 Å².